The van der Waals surface area contributed by atoms with E-state index < -0.39 is 0 Å². The predicted molar refractivity (Wildman–Crippen MR) is 229 cm³/mol. The second-order valence-electron chi connectivity index (χ2n) is 17.6. The number of para-hydroxylation sites is 1. The number of fused-ring (bicyclic) bond motifs is 3. The third kappa shape index (κ3) is 7.67. The Morgan fingerprint density at radius 3 is 2.04 bits per heavy atom. The summed E-state index contributed by atoms with van der Waals surface area (Å²) in [5.74, 6) is 2.10. The number of pyridine rings is 1. The summed E-state index contributed by atoms with van der Waals surface area (Å²) in [4.78, 5) is 9.28. The summed E-state index contributed by atoms with van der Waals surface area (Å²) >= 11 is 0. The number of hydrogen-bond donors (Lipinski definition) is 0. The molecular weight excluding hydrogens is 868 g/mol. The zero-order chi connectivity index (χ0) is 38.7. The average molecular weight is 917 g/mol. The van der Waals surface area contributed by atoms with Crippen LogP contribution in [0.15, 0.2) is 128 Å². The van der Waals surface area contributed by atoms with Crippen LogP contribution >= 0.6 is 0 Å². The SMILES string of the molecule is CC(C)(C)c1cc(Oc2[c-]c3c(cc2)c2ccccc2n3-c2cc(C(C)(C)C)ccn2)[c-]c(N2C=C(c3ccccc3)N(c3cccc(C(C)(C)C)c3)[CH-]2)c1.[Pt]. The monoisotopic (exact) mass is 916 g/mol. The fourth-order valence-electron chi connectivity index (χ4n) is 7.15. The van der Waals surface area contributed by atoms with Crippen LogP contribution in [-0.2, 0) is 37.3 Å². The Hall–Kier alpha value is -5.12. The minimum Gasteiger partial charge on any atom is -0.509 e. The molecule has 0 amide bonds. The first kappa shape index (κ1) is 39.1. The quantitative estimate of drug-likeness (QED) is 0.156. The summed E-state index contributed by atoms with van der Waals surface area (Å²) in [5.41, 5.74) is 9.73. The van der Waals surface area contributed by atoms with Gasteiger partial charge in [0.05, 0.1) is 0 Å². The van der Waals surface area contributed by atoms with Crippen molar-refractivity contribution in [2.24, 2.45) is 0 Å². The molecule has 0 spiro atoms. The molecule has 7 aromatic rings. The van der Waals surface area contributed by atoms with Crippen molar-refractivity contribution in [1.82, 2.24) is 9.55 Å². The Balaban J connectivity index is 0.00000480. The van der Waals surface area contributed by atoms with Gasteiger partial charge in [-0.3, -0.25) is 0 Å². The van der Waals surface area contributed by atoms with Crippen LogP contribution in [0.3, 0.4) is 0 Å². The molecule has 1 aliphatic rings. The molecule has 0 saturated carbocycles. The van der Waals surface area contributed by atoms with E-state index in [1.54, 1.807) is 0 Å². The molecule has 0 fully saturated rings. The molecule has 0 saturated heterocycles. The van der Waals surface area contributed by atoms with Crippen molar-refractivity contribution in [3.05, 3.63) is 169 Å². The molecule has 5 nitrogen and oxygen atoms in total. The van der Waals surface area contributed by atoms with Crippen LogP contribution in [-0.4, -0.2) is 9.55 Å². The third-order valence-electron chi connectivity index (χ3n) is 10.4. The van der Waals surface area contributed by atoms with Crippen LogP contribution in [0.2, 0.25) is 0 Å². The molecule has 6 heteroatoms. The van der Waals surface area contributed by atoms with E-state index in [1.165, 1.54) is 11.1 Å². The molecule has 0 N–H and O–H groups in total. The summed E-state index contributed by atoms with van der Waals surface area (Å²) in [5, 5.41) is 2.25. The predicted octanol–water partition coefficient (Wildman–Crippen LogP) is 12.9. The third-order valence-corrected chi connectivity index (χ3v) is 10.4. The summed E-state index contributed by atoms with van der Waals surface area (Å²) < 4.78 is 8.94. The topological polar surface area (TPSA) is 33.5 Å². The van der Waals surface area contributed by atoms with Gasteiger partial charge in [0.1, 0.15) is 5.82 Å². The maximum Gasteiger partial charge on any atom is 0.135 e. The van der Waals surface area contributed by atoms with Crippen LogP contribution in [0.4, 0.5) is 11.4 Å². The molecule has 0 aliphatic carbocycles. The van der Waals surface area contributed by atoms with Gasteiger partial charge in [-0.05, 0) is 74.9 Å². The smallest absolute Gasteiger partial charge is 0.135 e. The number of rotatable bonds is 6. The Kier molecular flexibility index (Phi) is 10.3. The van der Waals surface area contributed by atoms with E-state index in [9.17, 15) is 0 Å². The number of benzene rings is 5. The second kappa shape index (κ2) is 14.8. The molecule has 0 unspecified atom stereocenters. The Labute approximate surface area is 346 Å². The number of anilines is 2. The van der Waals surface area contributed by atoms with Crippen LogP contribution in [0.25, 0.3) is 33.3 Å². The van der Waals surface area contributed by atoms with Gasteiger partial charge >= 0.3 is 0 Å². The van der Waals surface area contributed by atoms with Gasteiger partial charge in [0, 0.05) is 55.7 Å². The van der Waals surface area contributed by atoms with Gasteiger partial charge in [-0.2, -0.15) is 6.07 Å². The Bertz CT molecular complexity index is 2570. The van der Waals surface area contributed by atoms with Gasteiger partial charge in [0.2, 0.25) is 0 Å². The first-order valence-electron chi connectivity index (χ1n) is 19.1. The van der Waals surface area contributed by atoms with E-state index in [-0.39, 0.29) is 37.3 Å². The van der Waals surface area contributed by atoms with Crippen LogP contribution < -0.4 is 14.5 Å². The summed E-state index contributed by atoms with van der Waals surface area (Å²) in [6.45, 7) is 22.3. The molecule has 2 aromatic heterocycles. The summed E-state index contributed by atoms with van der Waals surface area (Å²) in [6, 6.07) is 47.9. The number of aromatic nitrogens is 2. The second-order valence-corrected chi connectivity index (χ2v) is 17.6. The molecule has 0 atom stereocenters. The number of hydrogen-bond acceptors (Lipinski definition) is 4. The van der Waals surface area contributed by atoms with Crippen molar-refractivity contribution in [1.29, 1.82) is 0 Å². The summed E-state index contributed by atoms with van der Waals surface area (Å²) in [6.07, 6.45) is 4.09. The van der Waals surface area contributed by atoms with E-state index in [2.05, 4.69) is 211 Å². The van der Waals surface area contributed by atoms with Crippen LogP contribution in [0.5, 0.6) is 11.5 Å². The molecular formula is C50H49N4OPt-3. The van der Waals surface area contributed by atoms with Gasteiger partial charge in [0.25, 0.3) is 0 Å². The minimum absolute atomic E-state index is 0. The molecule has 5 aromatic carbocycles. The standard InChI is InChI=1S/C50H49N4O.Pt/c1-48(2,3)35-18-15-19-38(26-35)53-33-52(32-46(53)34-16-11-10-12-17-34)39-27-37(50(7,8)9)28-41(30-39)55-40-22-23-43-42-20-13-14-21-44(42)54(45(43)31-40)47-29-36(24-25-51-47)49(4,5)6;/h10-29,32-33H,1-9H3;/q-3;. The van der Waals surface area contributed by atoms with Crippen molar-refractivity contribution in [3.63, 3.8) is 0 Å². The first-order valence-corrected chi connectivity index (χ1v) is 19.1. The van der Waals surface area contributed by atoms with Gasteiger partial charge < -0.3 is 19.1 Å². The summed E-state index contributed by atoms with van der Waals surface area (Å²) in [7, 11) is 0. The largest absolute Gasteiger partial charge is 0.509 e. The van der Waals surface area contributed by atoms with Gasteiger partial charge in [-0.25, -0.2) is 4.98 Å². The molecule has 0 radical (unpaired) electrons. The molecule has 8 rings (SSSR count). The van der Waals surface area contributed by atoms with Crippen LogP contribution in [0, 0.1) is 18.8 Å². The normalized spacial score (nSPS) is 13.6. The minimum atomic E-state index is -0.141. The molecule has 56 heavy (non-hydrogen) atoms. The molecule has 3 heterocycles. The maximum atomic E-state index is 6.74. The average Bonchev–Trinajstić information content (AvgIpc) is 3.74. The van der Waals surface area contributed by atoms with Crippen molar-refractivity contribution < 1.29 is 25.8 Å². The van der Waals surface area contributed by atoms with Gasteiger partial charge in [-0.15, -0.1) is 53.6 Å². The van der Waals surface area contributed by atoms with E-state index in [0.29, 0.717) is 11.5 Å². The van der Waals surface area contributed by atoms with Gasteiger partial charge in [0.15, 0.2) is 0 Å². The fraction of sp³-hybridized carbons (Fsp3) is 0.240. The van der Waals surface area contributed by atoms with E-state index in [1.807, 2.05) is 12.3 Å². The maximum absolute atomic E-state index is 6.74. The Morgan fingerprint density at radius 2 is 1.30 bits per heavy atom. The van der Waals surface area contributed by atoms with E-state index in [0.717, 1.165) is 55.8 Å². The van der Waals surface area contributed by atoms with Gasteiger partial charge in [-0.1, -0.05) is 128 Å². The molecule has 0 bridgehead atoms. The molecule has 288 valence electrons. The number of ether oxygens (including phenoxy) is 1. The van der Waals surface area contributed by atoms with Crippen LogP contribution in [0.1, 0.15) is 84.6 Å². The zero-order valence-electron chi connectivity index (χ0n) is 33.7. The van der Waals surface area contributed by atoms with E-state index >= 15 is 0 Å². The zero-order valence-corrected chi connectivity index (χ0v) is 36.0. The van der Waals surface area contributed by atoms with Crippen molar-refractivity contribution >= 4 is 38.9 Å². The molecule has 1 aliphatic heterocycles. The van der Waals surface area contributed by atoms with E-state index in [4.69, 9.17) is 9.72 Å². The fourth-order valence-corrected chi connectivity index (χ4v) is 7.15. The van der Waals surface area contributed by atoms with Crippen molar-refractivity contribution in [2.75, 3.05) is 9.80 Å². The number of nitrogens with zero attached hydrogens (tertiary/aromatic N) is 4. The van der Waals surface area contributed by atoms with Crippen molar-refractivity contribution in [2.45, 2.75) is 78.6 Å². The Morgan fingerprint density at radius 1 is 0.607 bits per heavy atom. The van der Waals surface area contributed by atoms with Crippen molar-refractivity contribution in [3.8, 4) is 17.3 Å². The first-order chi connectivity index (χ1) is 26.1.